The minimum absolute atomic E-state index is 0.0133. The van der Waals surface area contributed by atoms with Crippen LogP contribution in [0.3, 0.4) is 0 Å². The van der Waals surface area contributed by atoms with Crippen LogP contribution in [0.5, 0.6) is 0 Å². The van der Waals surface area contributed by atoms with Crippen molar-refractivity contribution in [2.45, 2.75) is 6.92 Å². The van der Waals surface area contributed by atoms with E-state index in [4.69, 9.17) is 14.2 Å². The lowest BCUT2D eigenvalue weighted by Crippen LogP contribution is -2.39. The third kappa shape index (κ3) is 2.61. The summed E-state index contributed by atoms with van der Waals surface area (Å²) >= 11 is 0. The van der Waals surface area contributed by atoms with Crippen LogP contribution < -0.4 is 4.90 Å². The Hall–Kier alpha value is -2.87. The van der Waals surface area contributed by atoms with Gasteiger partial charge in [-0.2, -0.15) is 5.10 Å². The maximum atomic E-state index is 12.3. The van der Waals surface area contributed by atoms with Crippen LogP contribution in [0, 0.1) is 6.92 Å². The molecule has 0 unspecified atom stereocenters. The van der Waals surface area contributed by atoms with E-state index >= 15 is 0 Å². The summed E-state index contributed by atoms with van der Waals surface area (Å²) < 4.78 is 15.1. The Kier molecular flexibility index (Phi) is 4.22. The number of esters is 2. The molecule has 1 aliphatic heterocycles. The average Bonchev–Trinajstić information content (AvgIpc) is 3.06. The van der Waals surface area contributed by atoms with Crippen molar-refractivity contribution >= 4 is 28.5 Å². The molecule has 0 saturated carbocycles. The molecule has 3 rings (SSSR count). The monoisotopic (exact) mass is 331 g/mol. The fraction of sp³-hybridized carbons (Fsp3) is 0.312. The molecule has 0 atom stereocenters. The molecule has 1 aromatic carbocycles. The van der Waals surface area contributed by atoms with Gasteiger partial charge in [0.1, 0.15) is 12.4 Å². The topological polar surface area (TPSA) is 93.8 Å². The van der Waals surface area contributed by atoms with Gasteiger partial charge in [0.25, 0.3) is 0 Å². The molecule has 8 heteroatoms. The number of nitrogens with one attached hydrogen (secondary N) is 1. The highest BCUT2D eigenvalue weighted by atomic mass is 16.5. The van der Waals surface area contributed by atoms with Gasteiger partial charge in [-0.1, -0.05) is 0 Å². The van der Waals surface area contributed by atoms with Crippen LogP contribution >= 0.6 is 0 Å². The van der Waals surface area contributed by atoms with Crippen LogP contribution in [0.25, 0.3) is 10.9 Å². The summed E-state index contributed by atoms with van der Waals surface area (Å²) in [7, 11) is 2.52. The summed E-state index contributed by atoms with van der Waals surface area (Å²) in [5.41, 5.74) is 2.75. The third-order valence-electron chi connectivity index (χ3n) is 3.88. The first-order valence-electron chi connectivity index (χ1n) is 7.25. The Bertz CT molecular complexity index is 839. The van der Waals surface area contributed by atoms with Crippen LogP contribution in [0.1, 0.15) is 5.56 Å². The highest BCUT2D eigenvalue weighted by molar-refractivity contribution is 6.04. The second-order valence-corrected chi connectivity index (χ2v) is 5.31. The smallest absolute Gasteiger partial charge is 0.355 e. The van der Waals surface area contributed by atoms with Crippen LogP contribution in [-0.2, 0) is 23.8 Å². The van der Waals surface area contributed by atoms with E-state index in [1.54, 1.807) is 11.1 Å². The summed E-state index contributed by atoms with van der Waals surface area (Å²) in [6, 6.07) is 3.79. The summed E-state index contributed by atoms with van der Waals surface area (Å²) in [6.45, 7) is 2.01. The van der Waals surface area contributed by atoms with Gasteiger partial charge in [-0.05, 0) is 24.6 Å². The predicted molar refractivity (Wildman–Crippen MR) is 85.2 cm³/mol. The molecule has 0 saturated heterocycles. The van der Waals surface area contributed by atoms with E-state index in [1.807, 2.05) is 19.1 Å². The molecule has 2 aromatic rings. The van der Waals surface area contributed by atoms with Crippen molar-refractivity contribution in [3.05, 3.63) is 35.2 Å². The van der Waals surface area contributed by atoms with Crippen molar-refractivity contribution in [2.24, 2.45) is 0 Å². The number of aryl methyl sites for hydroxylation is 1. The van der Waals surface area contributed by atoms with Gasteiger partial charge >= 0.3 is 11.9 Å². The highest BCUT2D eigenvalue weighted by Gasteiger charge is 2.33. The fourth-order valence-corrected chi connectivity index (χ4v) is 2.71. The molecular weight excluding hydrogens is 314 g/mol. The fourth-order valence-electron chi connectivity index (χ4n) is 2.71. The maximum absolute atomic E-state index is 12.3. The molecule has 1 aromatic heterocycles. The van der Waals surface area contributed by atoms with Gasteiger partial charge in [0.05, 0.1) is 38.1 Å². The highest BCUT2D eigenvalue weighted by Crippen LogP contribution is 2.31. The SMILES string of the molecule is COC(=O)C1=C(C(=O)OC)N(c2cc3cn[nH]c3cc2C)COC1. The largest absolute Gasteiger partial charge is 0.466 e. The summed E-state index contributed by atoms with van der Waals surface area (Å²) in [5.74, 6) is -1.24. The number of aromatic nitrogens is 2. The molecule has 8 nitrogen and oxygen atoms in total. The molecule has 126 valence electrons. The number of benzene rings is 1. The summed E-state index contributed by atoms with van der Waals surface area (Å²) in [4.78, 5) is 25.9. The Morgan fingerprint density at radius 1 is 1.25 bits per heavy atom. The molecule has 0 bridgehead atoms. The molecule has 1 N–H and O–H groups in total. The Balaban J connectivity index is 2.17. The predicted octanol–water partition coefficient (Wildman–Crippen LogP) is 1.27. The quantitative estimate of drug-likeness (QED) is 0.846. The van der Waals surface area contributed by atoms with E-state index in [9.17, 15) is 9.59 Å². The van der Waals surface area contributed by atoms with Crippen molar-refractivity contribution in [1.82, 2.24) is 10.2 Å². The van der Waals surface area contributed by atoms with Gasteiger partial charge in [-0.15, -0.1) is 0 Å². The zero-order chi connectivity index (χ0) is 17.3. The number of rotatable bonds is 3. The minimum atomic E-state index is -0.623. The molecule has 2 heterocycles. The van der Waals surface area contributed by atoms with Crippen molar-refractivity contribution in [1.29, 1.82) is 0 Å². The standard InChI is InChI=1S/C16H17N3O5/c1-9-4-12-10(6-17-18-12)5-13(9)19-8-24-7-11(15(20)22-2)14(19)16(21)23-3/h4-6H,7-8H2,1-3H3,(H,17,18). The number of H-pyrrole nitrogens is 1. The number of hydrogen-bond donors (Lipinski definition) is 1. The van der Waals surface area contributed by atoms with Crippen LogP contribution in [0.2, 0.25) is 0 Å². The lowest BCUT2D eigenvalue weighted by Gasteiger charge is -2.32. The Labute approximate surface area is 138 Å². The van der Waals surface area contributed by atoms with Crippen LogP contribution in [0.15, 0.2) is 29.6 Å². The lowest BCUT2D eigenvalue weighted by atomic mass is 10.1. The van der Waals surface area contributed by atoms with Crippen molar-refractivity contribution in [3.8, 4) is 0 Å². The van der Waals surface area contributed by atoms with Crippen molar-refractivity contribution in [2.75, 3.05) is 32.5 Å². The number of fused-ring (bicyclic) bond motifs is 1. The number of carbonyl (C=O) groups is 2. The number of methoxy groups -OCH3 is 2. The number of nitrogens with zero attached hydrogens (tertiary/aromatic N) is 2. The van der Waals surface area contributed by atoms with Gasteiger partial charge in [0.2, 0.25) is 0 Å². The van der Waals surface area contributed by atoms with Gasteiger partial charge in [0.15, 0.2) is 0 Å². The third-order valence-corrected chi connectivity index (χ3v) is 3.88. The van der Waals surface area contributed by atoms with E-state index in [0.29, 0.717) is 0 Å². The van der Waals surface area contributed by atoms with Gasteiger partial charge in [0, 0.05) is 11.1 Å². The molecule has 0 aliphatic carbocycles. The zero-order valence-corrected chi connectivity index (χ0v) is 13.6. The number of anilines is 1. The van der Waals surface area contributed by atoms with Crippen molar-refractivity contribution in [3.63, 3.8) is 0 Å². The molecule has 0 spiro atoms. The first-order valence-corrected chi connectivity index (χ1v) is 7.25. The number of carbonyl (C=O) groups excluding carboxylic acids is 2. The minimum Gasteiger partial charge on any atom is -0.466 e. The number of aromatic amines is 1. The number of ether oxygens (including phenoxy) is 3. The Morgan fingerprint density at radius 3 is 2.71 bits per heavy atom. The lowest BCUT2D eigenvalue weighted by molar-refractivity contribution is -0.140. The second-order valence-electron chi connectivity index (χ2n) is 5.31. The molecule has 1 aliphatic rings. The molecule has 0 amide bonds. The van der Waals surface area contributed by atoms with E-state index in [1.165, 1.54) is 14.2 Å². The molecule has 24 heavy (non-hydrogen) atoms. The summed E-state index contributed by atoms with van der Waals surface area (Å²) in [5, 5.41) is 7.78. The molecular formula is C16H17N3O5. The molecule has 0 radical (unpaired) electrons. The Morgan fingerprint density at radius 2 is 2.00 bits per heavy atom. The zero-order valence-electron chi connectivity index (χ0n) is 13.6. The van der Waals surface area contributed by atoms with Gasteiger partial charge < -0.3 is 19.1 Å². The second kappa shape index (κ2) is 6.32. The molecule has 0 fully saturated rings. The number of hydrogen-bond acceptors (Lipinski definition) is 7. The van der Waals surface area contributed by atoms with E-state index < -0.39 is 11.9 Å². The van der Waals surface area contributed by atoms with E-state index in [2.05, 4.69) is 10.2 Å². The maximum Gasteiger partial charge on any atom is 0.355 e. The normalized spacial score (nSPS) is 14.9. The van der Waals surface area contributed by atoms with Gasteiger partial charge in [-0.3, -0.25) is 5.10 Å². The average molecular weight is 331 g/mol. The van der Waals surface area contributed by atoms with Crippen LogP contribution in [0.4, 0.5) is 5.69 Å². The van der Waals surface area contributed by atoms with Gasteiger partial charge in [-0.25, -0.2) is 9.59 Å². The summed E-state index contributed by atoms with van der Waals surface area (Å²) in [6.07, 6.45) is 1.69. The van der Waals surface area contributed by atoms with Crippen molar-refractivity contribution < 1.29 is 23.8 Å². The first-order chi connectivity index (χ1) is 11.6. The van der Waals surface area contributed by atoms with E-state index in [-0.39, 0.29) is 24.6 Å². The van der Waals surface area contributed by atoms with E-state index in [0.717, 1.165) is 22.2 Å². The first kappa shape index (κ1) is 16.0. The van der Waals surface area contributed by atoms with Crippen LogP contribution in [-0.4, -0.2) is 49.7 Å².